The minimum absolute atomic E-state index is 0.571. The third-order valence-corrected chi connectivity index (χ3v) is 2.78. The Kier molecular flexibility index (Phi) is 2.99. The van der Waals surface area contributed by atoms with Crippen LogP contribution < -0.4 is 0 Å². The highest BCUT2D eigenvalue weighted by Gasteiger charge is 2.04. The molecule has 1 unspecified atom stereocenters. The lowest BCUT2D eigenvalue weighted by Gasteiger charge is -2.07. The molecule has 1 aromatic rings. The molecule has 0 aromatic heterocycles. The zero-order valence-electron chi connectivity index (χ0n) is 6.57. The van der Waals surface area contributed by atoms with Crippen LogP contribution in [-0.2, 0) is 0 Å². The average Bonchev–Trinajstić information content (AvgIpc) is 1.94. The van der Waals surface area contributed by atoms with Crippen molar-refractivity contribution < 1.29 is 0 Å². The van der Waals surface area contributed by atoms with Gasteiger partial charge in [-0.15, -0.1) is 0 Å². The zero-order chi connectivity index (χ0) is 8.43. The van der Waals surface area contributed by atoms with Crippen LogP contribution in [0, 0.1) is 0 Å². The largest absolute Gasteiger partial charge is 0.0843 e. The highest BCUT2D eigenvalue weighted by molar-refractivity contribution is 6.34. The molecule has 3 heteroatoms. The SMILES string of the molecule is CC([SiH3])c1cc(Cl)ccc1Cl. The van der Waals surface area contributed by atoms with E-state index in [1.165, 1.54) is 5.56 Å². The topological polar surface area (TPSA) is 0 Å². The van der Waals surface area contributed by atoms with E-state index in [1.54, 1.807) is 0 Å². The smallest absolute Gasteiger partial charge is 0.0438 e. The normalized spacial score (nSPS) is 13.4. The van der Waals surface area contributed by atoms with Crippen molar-refractivity contribution in [2.45, 2.75) is 12.5 Å². The van der Waals surface area contributed by atoms with Gasteiger partial charge in [-0.05, 0) is 29.3 Å². The van der Waals surface area contributed by atoms with Gasteiger partial charge in [0.1, 0.15) is 0 Å². The third-order valence-electron chi connectivity index (χ3n) is 1.58. The molecule has 0 saturated heterocycles. The Labute approximate surface area is 79.9 Å². The molecule has 0 N–H and O–H groups in total. The van der Waals surface area contributed by atoms with Gasteiger partial charge in [0.05, 0.1) is 0 Å². The summed E-state index contributed by atoms with van der Waals surface area (Å²) in [6.07, 6.45) is 0. The van der Waals surface area contributed by atoms with Crippen LogP contribution in [0.15, 0.2) is 18.2 Å². The lowest BCUT2D eigenvalue weighted by Crippen LogP contribution is -1.92. The van der Waals surface area contributed by atoms with E-state index in [4.69, 9.17) is 23.2 Å². The van der Waals surface area contributed by atoms with Crippen LogP contribution in [0.5, 0.6) is 0 Å². The van der Waals surface area contributed by atoms with E-state index < -0.39 is 0 Å². The van der Waals surface area contributed by atoms with Crippen molar-refractivity contribution in [2.24, 2.45) is 0 Å². The molecule has 11 heavy (non-hydrogen) atoms. The van der Waals surface area contributed by atoms with Crippen LogP contribution in [0.2, 0.25) is 10.0 Å². The highest BCUT2D eigenvalue weighted by Crippen LogP contribution is 2.25. The van der Waals surface area contributed by atoms with Crippen molar-refractivity contribution in [3.05, 3.63) is 33.8 Å². The number of hydrogen-bond donors (Lipinski definition) is 0. The summed E-state index contributed by atoms with van der Waals surface area (Å²) in [7, 11) is 1.11. The van der Waals surface area contributed by atoms with Gasteiger partial charge in [0.15, 0.2) is 0 Å². The molecule has 0 aliphatic rings. The fraction of sp³-hybridized carbons (Fsp3) is 0.250. The summed E-state index contributed by atoms with van der Waals surface area (Å²) in [4.78, 5) is 0. The third kappa shape index (κ3) is 2.22. The Morgan fingerprint density at radius 2 is 2.00 bits per heavy atom. The Morgan fingerprint density at radius 3 is 2.45 bits per heavy atom. The maximum Gasteiger partial charge on any atom is 0.0438 e. The van der Waals surface area contributed by atoms with Crippen molar-refractivity contribution in [3.8, 4) is 0 Å². The van der Waals surface area contributed by atoms with E-state index in [9.17, 15) is 0 Å². The molecule has 1 aromatic carbocycles. The Hall–Kier alpha value is 0.0169. The first kappa shape index (κ1) is 9.11. The minimum atomic E-state index is 0.571. The van der Waals surface area contributed by atoms with E-state index in [0.29, 0.717) is 5.54 Å². The standard InChI is InChI=1S/C8H10Cl2Si/c1-5(11)7-4-6(9)2-3-8(7)10/h2-5H,1,11H3. The molecule has 0 aliphatic carbocycles. The Bertz CT molecular complexity index is 258. The molecule has 1 rings (SSSR count). The fourth-order valence-corrected chi connectivity index (χ4v) is 2.13. The van der Waals surface area contributed by atoms with Gasteiger partial charge in [-0.25, -0.2) is 0 Å². The van der Waals surface area contributed by atoms with Crippen molar-refractivity contribution in [1.82, 2.24) is 0 Å². The second-order valence-corrected chi connectivity index (χ2v) is 5.40. The molecule has 0 amide bonds. The fourth-order valence-electron chi connectivity index (χ4n) is 0.957. The van der Waals surface area contributed by atoms with Gasteiger partial charge >= 0.3 is 0 Å². The van der Waals surface area contributed by atoms with E-state index in [-0.39, 0.29) is 0 Å². The van der Waals surface area contributed by atoms with Crippen LogP contribution >= 0.6 is 23.2 Å². The molecule has 0 radical (unpaired) electrons. The summed E-state index contributed by atoms with van der Waals surface area (Å²) in [5.41, 5.74) is 1.74. The minimum Gasteiger partial charge on any atom is -0.0843 e. The molecular weight excluding hydrogens is 195 g/mol. The van der Waals surface area contributed by atoms with Crippen molar-refractivity contribution >= 4 is 33.4 Å². The predicted molar refractivity (Wildman–Crippen MR) is 54.8 cm³/mol. The quantitative estimate of drug-likeness (QED) is 0.617. The van der Waals surface area contributed by atoms with E-state index in [1.807, 2.05) is 18.2 Å². The maximum atomic E-state index is 5.95. The van der Waals surface area contributed by atoms with Crippen LogP contribution in [0.25, 0.3) is 0 Å². The lowest BCUT2D eigenvalue weighted by atomic mass is 10.2. The molecule has 0 nitrogen and oxygen atoms in total. The van der Waals surface area contributed by atoms with Gasteiger partial charge in [0, 0.05) is 20.3 Å². The monoisotopic (exact) mass is 204 g/mol. The lowest BCUT2D eigenvalue weighted by molar-refractivity contribution is 1.08. The van der Waals surface area contributed by atoms with Crippen LogP contribution in [0.1, 0.15) is 18.0 Å². The van der Waals surface area contributed by atoms with Crippen molar-refractivity contribution in [2.75, 3.05) is 0 Å². The van der Waals surface area contributed by atoms with E-state index in [0.717, 1.165) is 20.3 Å². The van der Waals surface area contributed by atoms with Gasteiger partial charge < -0.3 is 0 Å². The molecule has 60 valence electrons. The molecule has 1 atom stereocenters. The molecule has 0 fully saturated rings. The van der Waals surface area contributed by atoms with Crippen LogP contribution in [0.4, 0.5) is 0 Å². The summed E-state index contributed by atoms with van der Waals surface area (Å²) in [6, 6.07) is 5.62. The first-order valence-corrected chi connectivity index (χ1v) is 5.47. The van der Waals surface area contributed by atoms with Crippen LogP contribution in [0.3, 0.4) is 0 Å². The van der Waals surface area contributed by atoms with Gasteiger partial charge in [-0.1, -0.05) is 30.1 Å². The van der Waals surface area contributed by atoms with Crippen molar-refractivity contribution in [3.63, 3.8) is 0 Å². The van der Waals surface area contributed by atoms with E-state index >= 15 is 0 Å². The second kappa shape index (κ2) is 3.61. The summed E-state index contributed by atoms with van der Waals surface area (Å²) < 4.78 is 0. The van der Waals surface area contributed by atoms with Gasteiger partial charge in [-0.2, -0.15) is 0 Å². The highest BCUT2D eigenvalue weighted by atomic mass is 35.5. The predicted octanol–water partition coefficient (Wildman–Crippen LogP) is 2.42. The van der Waals surface area contributed by atoms with Gasteiger partial charge in [0.25, 0.3) is 0 Å². The molecular formula is C8H10Cl2Si. The number of hydrogen-bond acceptors (Lipinski definition) is 0. The molecule has 0 spiro atoms. The van der Waals surface area contributed by atoms with E-state index in [2.05, 4.69) is 6.92 Å². The maximum absolute atomic E-state index is 5.95. The number of rotatable bonds is 1. The summed E-state index contributed by atoms with van der Waals surface area (Å²) in [5, 5.41) is 1.60. The molecule has 0 heterocycles. The first-order chi connectivity index (χ1) is 5.11. The number of benzene rings is 1. The van der Waals surface area contributed by atoms with Gasteiger partial charge in [-0.3, -0.25) is 0 Å². The second-order valence-electron chi connectivity index (χ2n) is 2.82. The first-order valence-electron chi connectivity index (χ1n) is 3.56. The Morgan fingerprint density at radius 1 is 1.36 bits per heavy atom. The van der Waals surface area contributed by atoms with Crippen molar-refractivity contribution in [1.29, 1.82) is 0 Å². The molecule has 0 bridgehead atoms. The van der Waals surface area contributed by atoms with Gasteiger partial charge in [0.2, 0.25) is 0 Å². The summed E-state index contributed by atoms with van der Waals surface area (Å²) >= 11 is 11.8. The molecule has 0 aliphatic heterocycles. The zero-order valence-corrected chi connectivity index (χ0v) is 10.1. The van der Waals surface area contributed by atoms with Crippen LogP contribution in [-0.4, -0.2) is 10.2 Å². The molecule has 0 saturated carbocycles. The summed E-state index contributed by atoms with van der Waals surface area (Å²) in [6.45, 7) is 2.16. The number of halogens is 2. The summed E-state index contributed by atoms with van der Waals surface area (Å²) in [5.74, 6) is 0. The Balaban J connectivity index is 3.13. The average molecular weight is 205 g/mol.